The molecule has 1 amide bonds. The molecular formula is C19H20FNO5S. The Morgan fingerprint density at radius 1 is 1.07 bits per heavy atom. The molecule has 1 atom stereocenters. The molecule has 0 aliphatic rings. The molecular weight excluding hydrogens is 373 g/mol. The van der Waals surface area contributed by atoms with E-state index in [1.54, 1.807) is 18.2 Å². The first-order valence-electron chi connectivity index (χ1n) is 8.21. The van der Waals surface area contributed by atoms with Crippen LogP contribution in [0.1, 0.15) is 12.0 Å². The molecule has 0 spiro atoms. The highest BCUT2D eigenvalue weighted by atomic mass is 32.2. The van der Waals surface area contributed by atoms with Gasteiger partial charge in [-0.2, -0.15) is 0 Å². The van der Waals surface area contributed by atoms with E-state index in [-0.39, 0.29) is 23.5 Å². The van der Waals surface area contributed by atoms with Gasteiger partial charge in [0.25, 0.3) is 0 Å². The fourth-order valence-electron chi connectivity index (χ4n) is 2.44. The van der Waals surface area contributed by atoms with Gasteiger partial charge >= 0.3 is 5.97 Å². The van der Waals surface area contributed by atoms with Crippen molar-refractivity contribution in [3.8, 4) is 0 Å². The van der Waals surface area contributed by atoms with Crippen molar-refractivity contribution in [2.75, 3.05) is 12.9 Å². The molecule has 0 aliphatic carbocycles. The molecule has 2 aromatic carbocycles. The smallest absolute Gasteiger partial charge is 0.328 e. The molecule has 0 bridgehead atoms. The van der Waals surface area contributed by atoms with Crippen LogP contribution in [-0.4, -0.2) is 39.2 Å². The lowest BCUT2D eigenvalue weighted by molar-refractivity contribution is -0.145. The van der Waals surface area contributed by atoms with E-state index in [4.69, 9.17) is 0 Å². The van der Waals surface area contributed by atoms with Gasteiger partial charge < -0.3 is 10.1 Å². The van der Waals surface area contributed by atoms with Crippen LogP contribution < -0.4 is 5.32 Å². The largest absolute Gasteiger partial charge is 0.467 e. The van der Waals surface area contributed by atoms with Gasteiger partial charge in [0.05, 0.1) is 24.2 Å². The molecule has 0 radical (unpaired) electrons. The number of carbonyl (C=O) groups is 2. The van der Waals surface area contributed by atoms with Crippen molar-refractivity contribution in [3.05, 3.63) is 66.0 Å². The summed E-state index contributed by atoms with van der Waals surface area (Å²) in [6, 6.07) is 12.1. The lowest BCUT2D eigenvalue weighted by atomic mass is 10.1. The maximum Gasteiger partial charge on any atom is 0.328 e. The van der Waals surface area contributed by atoms with Crippen LogP contribution in [0.4, 0.5) is 4.39 Å². The van der Waals surface area contributed by atoms with Crippen molar-refractivity contribution in [1.29, 1.82) is 0 Å². The highest BCUT2D eigenvalue weighted by Crippen LogP contribution is 2.13. The molecule has 0 aromatic heterocycles. The van der Waals surface area contributed by atoms with Gasteiger partial charge in [0.15, 0.2) is 9.84 Å². The van der Waals surface area contributed by atoms with Gasteiger partial charge in [0, 0.05) is 0 Å². The number of methoxy groups -OCH3 is 1. The number of amides is 1. The Labute approximate surface area is 157 Å². The van der Waals surface area contributed by atoms with E-state index >= 15 is 0 Å². The molecule has 8 heteroatoms. The van der Waals surface area contributed by atoms with Crippen molar-refractivity contribution in [1.82, 2.24) is 5.32 Å². The number of sulfone groups is 1. The Morgan fingerprint density at radius 2 is 1.70 bits per heavy atom. The second kappa shape index (κ2) is 9.27. The zero-order valence-electron chi connectivity index (χ0n) is 14.7. The summed E-state index contributed by atoms with van der Waals surface area (Å²) in [7, 11) is -2.44. The van der Waals surface area contributed by atoms with Gasteiger partial charge in [-0.3, -0.25) is 4.79 Å². The van der Waals surface area contributed by atoms with Crippen molar-refractivity contribution < 1.29 is 27.1 Å². The predicted molar refractivity (Wildman–Crippen MR) is 97.2 cm³/mol. The second-order valence-electron chi connectivity index (χ2n) is 5.87. The first-order chi connectivity index (χ1) is 12.8. The maximum atomic E-state index is 12.9. The average molecular weight is 393 g/mol. The Morgan fingerprint density at radius 3 is 2.30 bits per heavy atom. The molecule has 6 nitrogen and oxygen atoms in total. The summed E-state index contributed by atoms with van der Waals surface area (Å²) in [6.45, 7) is 0. The normalized spacial score (nSPS) is 12.2. The molecule has 0 unspecified atom stereocenters. The standard InChI is InChI=1S/C19H20FNO5S/c1-26-19(23)17(11-12-27(24,25)16-5-3-2-4-6-16)21-18(22)13-14-7-9-15(20)10-8-14/h2-10,17H,11-13H2,1H3,(H,21,22)/t17-/m0/s1. The third-order valence-corrected chi connectivity index (χ3v) is 5.64. The van der Waals surface area contributed by atoms with Crippen LogP contribution in [0.3, 0.4) is 0 Å². The van der Waals surface area contributed by atoms with E-state index in [2.05, 4.69) is 10.1 Å². The van der Waals surface area contributed by atoms with Crippen LogP contribution >= 0.6 is 0 Å². The van der Waals surface area contributed by atoms with E-state index < -0.39 is 33.6 Å². The lowest BCUT2D eigenvalue weighted by Crippen LogP contribution is -2.43. The molecule has 1 N–H and O–H groups in total. The van der Waals surface area contributed by atoms with Crippen LogP contribution in [0, 0.1) is 5.82 Å². The van der Waals surface area contributed by atoms with Crippen LogP contribution in [0.15, 0.2) is 59.5 Å². The number of hydrogen-bond donors (Lipinski definition) is 1. The first kappa shape index (κ1) is 20.6. The van der Waals surface area contributed by atoms with E-state index in [0.717, 1.165) is 7.11 Å². The number of esters is 1. The monoisotopic (exact) mass is 393 g/mol. The summed E-state index contributed by atoms with van der Waals surface area (Å²) in [5.41, 5.74) is 0.564. The fourth-order valence-corrected chi connectivity index (χ4v) is 3.80. The third-order valence-electron chi connectivity index (χ3n) is 3.88. The molecule has 0 saturated carbocycles. The molecule has 144 valence electrons. The van der Waals surface area contributed by atoms with Crippen molar-refractivity contribution in [2.24, 2.45) is 0 Å². The fraction of sp³-hybridized carbons (Fsp3) is 0.263. The van der Waals surface area contributed by atoms with Gasteiger partial charge in [-0.15, -0.1) is 0 Å². The Bertz CT molecular complexity index is 882. The topological polar surface area (TPSA) is 89.5 Å². The van der Waals surface area contributed by atoms with Gasteiger partial charge in [0.2, 0.25) is 5.91 Å². The Hall–Kier alpha value is -2.74. The number of halogens is 1. The van der Waals surface area contributed by atoms with Gasteiger partial charge in [-0.1, -0.05) is 30.3 Å². The van der Waals surface area contributed by atoms with Crippen LogP contribution in [0.25, 0.3) is 0 Å². The zero-order valence-corrected chi connectivity index (χ0v) is 15.5. The third kappa shape index (κ3) is 6.18. The van der Waals surface area contributed by atoms with Crippen LogP contribution in [0.5, 0.6) is 0 Å². The number of hydrogen-bond acceptors (Lipinski definition) is 5. The highest BCUT2D eigenvalue weighted by Gasteiger charge is 2.25. The summed E-state index contributed by atoms with van der Waals surface area (Å²) in [5.74, 6) is -1.97. The molecule has 2 rings (SSSR count). The number of ether oxygens (including phenoxy) is 1. The summed E-state index contributed by atoms with van der Waals surface area (Å²) >= 11 is 0. The number of rotatable bonds is 8. The Kier molecular flexibility index (Phi) is 7.06. The summed E-state index contributed by atoms with van der Waals surface area (Å²) in [5, 5.41) is 2.48. The van der Waals surface area contributed by atoms with E-state index in [9.17, 15) is 22.4 Å². The Balaban J connectivity index is 2.01. The summed E-state index contributed by atoms with van der Waals surface area (Å²) < 4.78 is 42.3. The predicted octanol–water partition coefficient (Wildman–Crippen LogP) is 1.89. The maximum absolute atomic E-state index is 12.9. The minimum Gasteiger partial charge on any atom is -0.467 e. The van der Waals surface area contributed by atoms with Gasteiger partial charge in [0.1, 0.15) is 11.9 Å². The molecule has 27 heavy (non-hydrogen) atoms. The second-order valence-corrected chi connectivity index (χ2v) is 7.98. The molecule has 0 fully saturated rings. The zero-order chi connectivity index (χ0) is 19.9. The molecule has 0 heterocycles. The summed E-state index contributed by atoms with van der Waals surface area (Å²) in [6.07, 6.45) is -0.196. The van der Waals surface area contributed by atoms with Crippen molar-refractivity contribution in [3.63, 3.8) is 0 Å². The van der Waals surface area contributed by atoms with E-state index in [0.29, 0.717) is 5.56 Å². The number of benzene rings is 2. The van der Waals surface area contributed by atoms with Gasteiger partial charge in [-0.05, 0) is 36.2 Å². The minimum absolute atomic E-state index is 0.0702. The summed E-state index contributed by atoms with van der Waals surface area (Å²) in [4.78, 5) is 24.2. The molecule has 0 saturated heterocycles. The van der Waals surface area contributed by atoms with E-state index in [1.807, 2.05) is 0 Å². The highest BCUT2D eigenvalue weighted by molar-refractivity contribution is 7.91. The molecule has 2 aromatic rings. The number of carbonyl (C=O) groups excluding carboxylic acids is 2. The minimum atomic E-state index is -3.60. The van der Waals surface area contributed by atoms with E-state index in [1.165, 1.54) is 36.4 Å². The quantitative estimate of drug-likeness (QED) is 0.692. The van der Waals surface area contributed by atoms with Crippen molar-refractivity contribution >= 4 is 21.7 Å². The van der Waals surface area contributed by atoms with Gasteiger partial charge in [-0.25, -0.2) is 17.6 Å². The average Bonchev–Trinajstić information content (AvgIpc) is 2.67. The number of nitrogens with one attached hydrogen (secondary N) is 1. The lowest BCUT2D eigenvalue weighted by Gasteiger charge is -2.16. The van der Waals surface area contributed by atoms with Crippen LogP contribution in [0.2, 0.25) is 0 Å². The molecule has 0 aliphatic heterocycles. The first-order valence-corrected chi connectivity index (χ1v) is 9.86. The van der Waals surface area contributed by atoms with Crippen LogP contribution in [-0.2, 0) is 30.6 Å². The SMILES string of the molecule is COC(=O)[C@H](CCS(=O)(=O)c1ccccc1)NC(=O)Cc1ccc(F)cc1. The van der Waals surface area contributed by atoms with Crippen molar-refractivity contribution in [2.45, 2.75) is 23.8 Å².